The highest BCUT2D eigenvalue weighted by molar-refractivity contribution is 5.76. The van der Waals surface area contributed by atoms with E-state index in [2.05, 4.69) is 12.2 Å². The van der Waals surface area contributed by atoms with E-state index in [4.69, 9.17) is 10.5 Å². The summed E-state index contributed by atoms with van der Waals surface area (Å²) in [7, 11) is 0. The maximum Gasteiger partial charge on any atom is 0.223 e. The van der Waals surface area contributed by atoms with Crippen LogP contribution in [0.1, 0.15) is 32.6 Å². The molecule has 1 aromatic rings. The fraction of sp³-hybridized carbons (Fsp3) is 0.562. The lowest BCUT2D eigenvalue weighted by Gasteiger charge is -2.16. The third-order valence-corrected chi connectivity index (χ3v) is 4.11. The lowest BCUT2D eigenvalue weighted by atomic mass is 9.98. The van der Waals surface area contributed by atoms with E-state index in [0.717, 1.165) is 12.5 Å². The average molecular weight is 276 g/mol. The number of carbonyl (C=O) groups is 1. The minimum atomic E-state index is 0.0543. The first-order chi connectivity index (χ1) is 9.66. The number of carbonyl (C=O) groups excluding carboxylic acids is 1. The zero-order chi connectivity index (χ0) is 14.4. The Morgan fingerprint density at radius 1 is 1.40 bits per heavy atom. The summed E-state index contributed by atoms with van der Waals surface area (Å²) in [6, 6.07) is 7.33. The molecule has 2 rings (SSSR count). The number of hydrogen-bond donors (Lipinski definition) is 2. The van der Waals surface area contributed by atoms with E-state index in [9.17, 15) is 4.79 Å². The number of nitrogens with two attached hydrogens (primary N) is 1. The van der Waals surface area contributed by atoms with Crippen molar-refractivity contribution in [2.75, 3.05) is 18.9 Å². The third kappa shape index (κ3) is 4.15. The van der Waals surface area contributed by atoms with Crippen molar-refractivity contribution in [3.8, 4) is 5.75 Å². The van der Waals surface area contributed by atoms with Crippen molar-refractivity contribution in [2.24, 2.45) is 11.8 Å². The number of nitrogens with one attached hydrogen (secondary N) is 1. The zero-order valence-corrected chi connectivity index (χ0v) is 12.1. The molecule has 0 spiro atoms. The topological polar surface area (TPSA) is 64.3 Å². The highest BCUT2D eigenvalue weighted by Crippen LogP contribution is 2.30. The monoisotopic (exact) mass is 276 g/mol. The van der Waals surface area contributed by atoms with Crippen molar-refractivity contribution in [3.05, 3.63) is 24.3 Å². The molecule has 1 saturated carbocycles. The van der Waals surface area contributed by atoms with Crippen LogP contribution in [-0.2, 0) is 4.79 Å². The molecule has 1 aliphatic rings. The van der Waals surface area contributed by atoms with Crippen LogP contribution in [0.15, 0.2) is 24.3 Å². The van der Waals surface area contributed by atoms with Gasteiger partial charge >= 0.3 is 0 Å². The zero-order valence-electron chi connectivity index (χ0n) is 12.1. The standard InChI is InChI=1S/C16H24N2O2/c1-12-5-4-6-13(12)11-18-16(19)9-10-20-15-8-3-2-7-14(15)17/h2-3,7-8,12-13H,4-6,9-11,17H2,1H3,(H,18,19). The van der Waals surface area contributed by atoms with Gasteiger partial charge in [-0.15, -0.1) is 0 Å². The van der Waals surface area contributed by atoms with Crippen LogP contribution in [0.5, 0.6) is 5.75 Å². The van der Waals surface area contributed by atoms with Gasteiger partial charge in [0.05, 0.1) is 18.7 Å². The van der Waals surface area contributed by atoms with Gasteiger partial charge in [0.2, 0.25) is 5.91 Å². The maximum atomic E-state index is 11.8. The molecule has 2 atom stereocenters. The van der Waals surface area contributed by atoms with Crippen LogP contribution in [0, 0.1) is 11.8 Å². The molecule has 110 valence electrons. The summed E-state index contributed by atoms with van der Waals surface area (Å²) in [5.41, 5.74) is 6.37. The first kappa shape index (κ1) is 14.7. The Labute approximate surface area is 120 Å². The Kier molecular flexibility index (Phi) is 5.27. The van der Waals surface area contributed by atoms with Crippen LogP contribution < -0.4 is 15.8 Å². The molecule has 3 N–H and O–H groups in total. The van der Waals surface area contributed by atoms with Crippen molar-refractivity contribution >= 4 is 11.6 Å². The second-order valence-corrected chi connectivity index (χ2v) is 5.61. The van der Waals surface area contributed by atoms with E-state index in [-0.39, 0.29) is 5.91 Å². The van der Waals surface area contributed by atoms with Crippen LogP contribution in [0.25, 0.3) is 0 Å². The summed E-state index contributed by atoms with van der Waals surface area (Å²) in [5.74, 6) is 2.07. The molecule has 1 aliphatic carbocycles. The Morgan fingerprint density at radius 2 is 2.20 bits per heavy atom. The molecule has 0 aliphatic heterocycles. The molecule has 0 saturated heterocycles. The number of ether oxygens (including phenoxy) is 1. The lowest BCUT2D eigenvalue weighted by Crippen LogP contribution is -2.31. The Morgan fingerprint density at radius 3 is 2.90 bits per heavy atom. The molecule has 20 heavy (non-hydrogen) atoms. The minimum absolute atomic E-state index is 0.0543. The molecule has 0 radical (unpaired) electrons. The second kappa shape index (κ2) is 7.17. The number of amides is 1. The summed E-state index contributed by atoms with van der Waals surface area (Å²) >= 11 is 0. The van der Waals surface area contributed by atoms with Crippen molar-refractivity contribution in [1.82, 2.24) is 5.32 Å². The Hall–Kier alpha value is -1.71. The van der Waals surface area contributed by atoms with Crippen LogP contribution in [0.2, 0.25) is 0 Å². The Balaban J connectivity index is 1.64. The largest absolute Gasteiger partial charge is 0.491 e. The van der Waals surface area contributed by atoms with Crippen molar-refractivity contribution in [2.45, 2.75) is 32.6 Å². The molecular weight excluding hydrogens is 252 g/mol. The van der Waals surface area contributed by atoms with Gasteiger partial charge in [0, 0.05) is 6.54 Å². The molecule has 4 nitrogen and oxygen atoms in total. The molecule has 0 aromatic heterocycles. The number of benzene rings is 1. The quantitative estimate of drug-likeness (QED) is 0.785. The average Bonchev–Trinajstić information content (AvgIpc) is 2.84. The van der Waals surface area contributed by atoms with Gasteiger partial charge in [-0.25, -0.2) is 0 Å². The molecule has 2 unspecified atom stereocenters. The lowest BCUT2D eigenvalue weighted by molar-refractivity contribution is -0.121. The molecule has 1 fully saturated rings. The summed E-state index contributed by atoms with van der Waals surface area (Å²) in [4.78, 5) is 11.8. The van der Waals surface area contributed by atoms with E-state index < -0.39 is 0 Å². The van der Waals surface area contributed by atoms with E-state index in [1.54, 1.807) is 6.07 Å². The van der Waals surface area contributed by atoms with Gasteiger partial charge in [-0.2, -0.15) is 0 Å². The summed E-state index contributed by atoms with van der Waals surface area (Å²) in [5, 5.41) is 3.01. The first-order valence-electron chi connectivity index (χ1n) is 7.41. The van der Waals surface area contributed by atoms with Crippen LogP contribution in [0.3, 0.4) is 0 Å². The van der Waals surface area contributed by atoms with Crippen molar-refractivity contribution < 1.29 is 9.53 Å². The van der Waals surface area contributed by atoms with Gasteiger partial charge in [-0.3, -0.25) is 4.79 Å². The highest BCUT2D eigenvalue weighted by Gasteiger charge is 2.23. The molecule has 1 aromatic carbocycles. The van der Waals surface area contributed by atoms with Gasteiger partial charge in [-0.05, 0) is 30.4 Å². The minimum Gasteiger partial charge on any atom is -0.491 e. The highest BCUT2D eigenvalue weighted by atomic mass is 16.5. The van der Waals surface area contributed by atoms with Crippen molar-refractivity contribution in [1.29, 1.82) is 0 Å². The normalized spacial score (nSPS) is 21.6. The number of nitrogen functional groups attached to an aromatic ring is 1. The van der Waals surface area contributed by atoms with Crippen LogP contribution in [-0.4, -0.2) is 19.1 Å². The van der Waals surface area contributed by atoms with Crippen LogP contribution >= 0.6 is 0 Å². The smallest absolute Gasteiger partial charge is 0.223 e. The van der Waals surface area contributed by atoms with Gasteiger partial charge in [0.1, 0.15) is 5.75 Å². The van der Waals surface area contributed by atoms with Crippen LogP contribution in [0.4, 0.5) is 5.69 Å². The third-order valence-electron chi connectivity index (χ3n) is 4.11. The number of para-hydroxylation sites is 2. The summed E-state index contributed by atoms with van der Waals surface area (Å²) < 4.78 is 5.51. The number of rotatable bonds is 6. The van der Waals surface area contributed by atoms with Gasteiger partial charge < -0.3 is 15.8 Å². The second-order valence-electron chi connectivity index (χ2n) is 5.61. The van der Waals surface area contributed by atoms with Crippen molar-refractivity contribution in [3.63, 3.8) is 0 Å². The summed E-state index contributed by atoms with van der Waals surface area (Å²) in [6.45, 7) is 3.43. The van der Waals surface area contributed by atoms with E-state index in [0.29, 0.717) is 30.4 Å². The SMILES string of the molecule is CC1CCCC1CNC(=O)CCOc1ccccc1N. The van der Waals surface area contributed by atoms with Gasteiger partial charge in [0.15, 0.2) is 0 Å². The summed E-state index contributed by atoms with van der Waals surface area (Å²) in [6.07, 6.45) is 4.18. The first-order valence-corrected chi connectivity index (χ1v) is 7.41. The Bertz CT molecular complexity index is 448. The molecule has 1 amide bonds. The fourth-order valence-corrected chi connectivity index (χ4v) is 2.72. The van der Waals surface area contributed by atoms with Gasteiger partial charge in [0.25, 0.3) is 0 Å². The molecule has 0 heterocycles. The molecular formula is C16H24N2O2. The number of hydrogen-bond acceptors (Lipinski definition) is 3. The van der Waals surface area contributed by atoms with E-state index in [1.165, 1.54) is 19.3 Å². The molecule has 4 heteroatoms. The number of anilines is 1. The van der Waals surface area contributed by atoms with E-state index >= 15 is 0 Å². The predicted octanol–water partition coefficient (Wildman–Crippen LogP) is 2.59. The molecule has 0 bridgehead atoms. The fourth-order valence-electron chi connectivity index (χ4n) is 2.72. The maximum absolute atomic E-state index is 11.8. The predicted molar refractivity (Wildman–Crippen MR) is 80.5 cm³/mol. The van der Waals surface area contributed by atoms with Gasteiger partial charge in [-0.1, -0.05) is 31.9 Å². The van der Waals surface area contributed by atoms with E-state index in [1.807, 2.05) is 18.2 Å².